The zero-order valence-corrected chi connectivity index (χ0v) is 12.7. The van der Waals surface area contributed by atoms with Gasteiger partial charge in [0.25, 0.3) is 0 Å². The molecule has 0 saturated carbocycles. The minimum Gasteiger partial charge on any atom is -0.304 e. The molecule has 1 heterocycles. The molecule has 1 aliphatic rings. The van der Waals surface area contributed by atoms with Crippen molar-refractivity contribution in [3.8, 4) is 0 Å². The first-order valence-electron chi connectivity index (χ1n) is 5.88. The van der Waals surface area contributed by atoms with Crippen LogP contribution in [0.25, 0.3) is 0 Å². The number of nitrogens with zero attached hydrogens (tertiary/aromatic N) is 2. The zero-order chi connectivity index (χ0) is 13.2. The molecule has 2 rings (SSSR count). The highest BCUT2D eigenvalue weighted by molar-refractivity contribution is 9.10. The Morgan fingerprint density at radius 1 is 1.11 bits per heavy atom. The van der Waals surface area contributed by atoms with Gasteiger partial charge in [0.1, 0.15) is 0 Å². The van der Waals surface area contributed by atoms with Gasteiger partial charge in [0, 0.05) is 30.7 Å². The fourth-order valence-electron chi connectivity index (χ4n) is 1.95. The van der Waals surface area contributed by atoms with Crippen LogP contribution in [0, 0.1) is 0 Å². The Morgan fingerprint density at radius 2 is 1.67 bits per heavy atom. The van der Waals surface area contributed by atoms with Crippen molar-refractivity contribution in [1.82, 2.24) is 9.21 Å². The molecule has 1 fully saturated rings. The molecular weight excluding hydrogens is 316 g/mol. The molecule has 1 saturated heterocycles. The van der Waals surface area contributed by atoms with Crippen molar-refractivity contribution in [3.05, 3.63) is 34.3 Å². The molecule has 1 aromatic rings. The molecule has 0 spiro atoms. The van der Waals surface area contributed by atoms with Gasteiger partial charge < -0.3 is 4.90 Å². The van der Waals surface area contributed by atoms with E-state index in [0.29, 0.717) is 13.1 Å². The van der Waals surface area contributed by atoms with E-state index in [2.05, 4.69) is 20.8 Å². The summed E-state index contributed by atoms with van der Waals surface area (Å²) in [4.78, 5) is 2.14. The number of benzene rings is 1. The Labute approximate surface area is 117 Å². The summed E-state index contributed by atoms with van der Waals surface area (Å²) in [7, 11) is -1.17. The van der Waals surface area contributed by atoms with Crippen LogP contribution in [0.5, 0.6) is 0 Å². The molecular formula is C12H17BrN2O2S. The standard InChI is InChI=1S/C12H17BrN2O2S/c1-14-6-8-15(9-7-14)18(16,17)10-11-2-4-12(13)5-3-11/h2-5H,6-10H2,1H3. The number of sulfonamides is 1. The molecule has 0 N–H and O–H groups in total. The number of likely N-dealkylation sites (N-methyl/N-ethyl adjacent to an activating group) is 1. The summed E-state index contributed by atoms with van der Waals surface area (Å²) in [5, 5.41) is 0. The van der Waals surface area contributed by atoms with Gasteiger partial charge in [0.05, 0.1) is 5.75 Å². The predicted molar refractivity (Wildman–Crippen MR) is 75.8 cm³/mol. The molecule has 1 aliphatic heterocycles. The second kappa shape index (κ2) is 5.69. The second-order valence-corrected chi connectivity index (χ2v) is 7.47. The van der Waals surface area contributed by atoms with Gasteiger partial charge in [-0.1, -0.05) is 28.1 Å². The highest BCUT2D eigenvalue weighted by Gasteiger charge is 2.25. The summed E-state index contributed by atoms with van der Waals surface area (Å²) in [6.45, 7) is 2.80. The zero-order valence-electron chi connectivity index (χ0n) is 10.3. The summed E-state index contributed by atoms with van der Waals surface area (Å²) in [6.07, 6.45) is 0. The van der Waals surface area contributed by atoms with Crippen LogP contribution in [0.15, 0.2) is 28.7 Å². The van der Waals surface area contributed by atoms with Crippen molar-refractivity contribution in [2.45, 2.75) is 5.75 Å². The van der Waals surface area contributed by atoms with Crippen LogP contribution in [0.2, 0.25) is 0 Å². The summed E-state index contributed by atoms with van der Waals surface area (Å²) < 4.78 is 27.0. The van der Waals surface area contributed by atoms with E-state index in [1.807, 2.05) is 31.3 Å². The Hall–Kier alpha value is -0.430. The molecule has 6 heteroatoms. The minimum absolute atomic E-state index is 0.0873. The third kappa shape index (κ3) is 3.54. The maximum absolute atomic E-state index is 12.2. The van der Waals surface area contributed by atoms with Gasteiger partial charge in [-0.15, -0.1) is 0 Å². The summed E-state index contributed by atoms with van der Waals surface area (Å²) in [5.74, 6) is 0.0873. The van der Waals surface area contributed by atoms with E-state index in [1.165, 1.54) is 0 Å². The van der Waals surface area contributed by atoms with Crippen LogP contribution in [0.1, 0.15) is 5.56 Å². The lowest BCUT2D eigenvalue weighted by Crippen LogP contribution is -2.47. The van der Waals surface area contributed by atoms with Crippen LogP contribution < -0.4 is 0 Å². The largest absolute Gasteiger partial charge is 0.304 e. The topological polar surface area (TPSA) is 40.6 Å². The van der Waals surface area contributed by atoms with Crippen molar-refractivity contribution in [2.75, 3.05) is 33.2 Å². The molecule has 0 atom stereocenters. The maximum Gasteiger partial charge on any atom is 0.218 e. The fourth-order valence-corrected chi connectivity index (χ4v) is 3.73. The molecule has 4 nitrogen and oxygen atoms in total. The van der Waals surface area contributed by atoms with Gasteiger partial charge in [-0.3, -0.25) is 0 Å². The average Bonchev–Trinajstić information content (AvgIpc) is 2.32. The lowest BCUT2D eigenvalue weighted by atomic mass is 10.2. The Balaban J connectivity index is 2.05. The first-order valence-corrected chi connectivity index (χ1v) is 8.28. The fraction of sp³-hybridized carbons (Fsp3) is 0.500. The summed E-state index contributed by atoms with van der Waals surface area (Å²) in [5.41, 5.74) is 0.831. The van der Waals surface area contributed by atoms with E-state index < -0.39 is 10.0 Å². The predicted octanol–water partition coefficient (Wildman–Crippen LogP) is 1.53. The second-order valence-electron chi connectivity index (χ2n) is 4.59. The molecule has 0 amide bonds. The van der Waals surface area contributed by atoms with Crippen molar-refractivity contribution in [3.63, 3.8) is 0 Å². The van der Waals surface area contributed by atoms with Crippen molar-refractivity contribution in [2.24, 2.45) is 0 Å². The quantitative estimate of drug-likeness (QED) is 0.842. The highest BCUT2D eigenvalue weighted by atomic mass is 79.9. The summed E-state index contributed by atoms with van der Waals surface area (Å²) in [6, 6.07) is 7.43. The molecule has 0 radical (unpaired) electrons. The van der Waals surface area contributed by atoms with Crippen molar-refractivity contribution in [1.29, 1.82) is 0 Å². The number of hydrogen-bond acceptors (Lipinski definition) is 3. The SMILES string of the molecule is CN1CCN(S(=O)(=O)Cc2ccc(Br)cc2)CC1. The third-order valence-corrected chi connectivity index (χ3v) is 5.50. The molecule has 0 unspecified atom stereocenters. The van der Waals surface area contributed by atoms with Gasteiger partial charge in [-0.05, 0) is 24.7 Å². The van der Waals surface area contributed by atoms with Crippen molar-refractivity contribution < 1.29 is 8.42 Å². The monoisotopic (exact) mass is 332 g/mol. The third-order valence-electron chi connectivity index (χ3n) is 3.12. The smallest absolute Gasteiger partial charge is 0.218 e. The van der Waals surface area contributed by atoms with Gasteiger partial charge in [-0.2, -0.15) is 4.31 Å². The first kappa shape index (κ1) is 14.0. The van der Waals surface area contributed by atoms with E-state index >= 15 is 0 Å². The van der Waals surface area contributed by atoms with Crippen LogP contribution in [0.3, 0.4) is 0 Å². The highest BCUT2D eigenvalue weighted by Crippen LogP contribution is 2.16. The molecule has 100 valence electrons. The van der Waals surface area contributed by atoms with Gasteiger partial charge >= 0.3 is 0 Å². The Morgan fingerprint density at radius 3 is 2.22 bits per heavy atom. The van der Waals surface area contributed by atoms with Gasteiger partial charge in [0.15, 0.2) is 0 Å². The van der Waals surface area contributed by atoms with Gasteiger partial charge in [-0.25, -0.2) is 8.42 Å². The molecule has 1 aromatic carbocycles. The number of hydrogen-bond donors (Lipinski definition) is 0. The molecule has 0 bridgehead atoms. The number of rotatable bonds is 3. The van der Waals surface area contributed by atoms with E-state index in [-0.39, 0.29) is 5.75 Å². The average molecular weight is 333 g/mol. The van der Waals surface area contributed by atoms with Crippen LogP contribution in [0.4, 0.5) is 0 Å². The molecule has 0 aromatic heterocycles. The van der Waals surface area contributed by atoms with E-state index in [9.17, 15) is 8.42 Å². The van der Waals surface area contributed by atoms with E-state index in [0.717, 1.165) is 23.1 Å². The first-order chi connectivity index (χ1) is 8.47. The Kier molecular flexibility index (Phi) is 4.42. The van der Waals surface area contributed by atoms with Crippen LogP contribution >= 0.6 is 15.9 Å². The lowest BCUT2D eigenvalue weighted by Gasteiger charge is -2.31. The van der Waals surface area contributed by atoms with Crippen molar-refractivity contribution >= 4 is 26.0 Å². The van der Waals surface area contributed by atoms with E-state index in [1.54, 1.807) is 4.31 Å². The maximum atomic E-state index is 12.2. The summed E-state index contributed by atoms with van der Waals surface area (Å²) >= 11 is 3.34. The molecule has 0 aliphatic carbocycles. The molecule has 18 heavy (non-hydrogen) atoms. The number of halogens is 1. The minimum atomic E-state index is -3.18. The van der Waals surface area contributed by atoms with Gasteiger partial charge in [0.2, 0.25) is 10.0 Å². The lowest BCUT2D eigenvalue weighted by molar-refractivity contribution is 0.222. The number of piperazine rings is 1. The van der Waals surface area contributed by atoms with E-state index in [4.69, 9.17) is 0 Å². The van der Waals surface area contributed by atoms with Crippen LogP contribution in [-0.2, 0) is 15.8 Å². The van der Waals surface area contributed by atoms with Crippen LogP contribution in [-0.4, -0.2) is 50.8 Å². The Bertz CT molecular complexity index is 493. The normalized spacial score (nSPS) is 19.0.